The molecule has 3 N–H and O–H groups in total. The molecule has 0 radical (unpaired) electrons. The SMILES string of the molecule is O=C(NCCNC(=O)N1CCc2ccccc2C1)c1ccc(O[C@H]2CC[C@@H](C(=O)O)CC2)cc1. The minimum Gasteiger partial charge on any atom is -0.490 e. The molecule has 8 nitrogen and oxygen atoms in total. The lowest BCUT2D eigenvalue weighted by Crippen LogP contribution is -2.45. The number of carboxylic acid groups (broad SMARTS) is 1. The number of carbonyl (C=O) groups excluding carboxylic acids is 2. The molecule has 2 aromatic carbocycles. The summed E-state index contributed by atoms with van der Waals surface area (Å²) in [6, 6.07) is 15.0. The van der Waals surface area contributed by atoms with Crippen LogP contribution < -0.4 is 15.4 Å². The van der Waals surface area contributed by atoms with Crippen molar-refractivity contribution in [3.63, 3.8) is 0 Å². The molecule has 1 fully saturated rings. The van der Waals surface area contributed by atoms with E-state index in [0.717, 1.165) is 19.3 Å². The van der Waals surface area contributed by atoms with Gasteiger partial charge in [-0.1, -0.05) is 24.3 Å². The van der Waals surface area contributed by atoms with Crippen molar-refractivity contribution in [2.24, 2.45) is 5.92 Å². The van der Waals surface area contributed by atoms with Gasteiger partial charge in [-0.2, -0.15) is 0 Å². The second-order valence-corrected chi connectivity index (χ2v) is 8.88. The van der Waals surface area contributed by atoms with E-state index in [2.05, 4.69) is 22.8 Å². The molecule has 3 amide bonds. The summed E-state index contributed by atoms with van der Waals surface area (Å²) < 4.78 is 5.95. The predicted molar refractivity (Wildman–Crippen MR) is 127 cm³/mol. The average molecular weight is 466 g/mol. The summed E-state index contributed by atoms with van der Waals surface area (Å²) in [5, 5.41) is 14.8. The molecule has 0 saturated heterocycles. The lowest BCUT2D eigenvalue weighted by molar-refractivity contribution is -0.143. The van der Waals surface area contributed by atoms with Gasteiger partial charge >= 0.3 is 12.0 Å². The van der Waals surface area contributed by atoms with Gasteiger partial charge in [0.15, 0.2) is 0 Å². The van der Waals surface area contributed by atoms with E-state index in [9.17, 15) is 14.4 Å². The van der Waals surface area contributed by atoms with Gasteiger partial charge in [0.2, 0.25) is 0 Å². The molecule has 1 aliphatic heterocycles. The number of aliphatic carboxylic acids is 1. The fraction of sp³-hybridized carbons (Fsp3) is 0.423. The van der Waals surface area contributed by atoms with Crippen molar-refractivity contribution < 1.29 is 24.2 Å². The van der Waals surface area contributed by atoms with Gasteiger partial charge in [-0.3, -0.25) is 9.59 Å². The van der Waals surface area contributed by atoms with Crippen LogP contribution in [0.2, 0.25) is 0 Å². The first-order valence-electron chi connectivity index (χ1n) is 11.9. The number of nitrogens with zero attached hydrogens (tertiary/aromatic N) is 1. The van der Waals surface area contributed by atoms with Crippen LogP contribution in [-0.2, 0) is 17.8 Å². The summed E-state index contributed by atoms with van der Waals surface area (Å²) in [7, 11) is 0. The van der Waals surface area contributed by atoms with Gasteiger partial charge in [-0.15, -0.1) is 0 Å². The standard InChI is InChI=1S/C26H31N3O5/c30-24(19-5-9-22(10-6-19)34-23-11-7-20(8-12-23)25(31)32)27-14-15-28-26(33)29-16-13-18-3-1-2-4-21(18)17-29/h1-6,9-10,20,23H,7-8,11-17H2,(H,27,30)(H,28,33)(H,31,32)/t20-,23+. The maximum Gasteiger partial charge on any atom is 0.317 e. The zero-order valence-electron chi connectivity index (χ0n) is 19.2. The average Bonchev–Trinajstić information content (AvgIpc) is 2.87. The Bertz CT molecular complexity index is 1020. The van der Waals surface area contributed by atoms with Crippen molar-refractivity contribution in [2.75, 3.05) is 19.6 Å². The predicted octanol–water partition coefficient (Wildman–Crippen LogP) is 3.21. The van der Waals surface area contributed by atoms with E-state index in [1.54, 1.807) is 29.2 Å². The van der Waals surface area contributed by atoms with E-state index in [-0.39, 0.29) is 24.0 Å². The minimum atomic E-state index is -0.731. The number of urea groups is 1. The minimum absolute atomic E-state index is 0.00673. The lowest BCUT2D eigenvalue weighted by Gasteiger charge is -2.29. The lowest BCUT2D eigenvalue weighted by atomic mass is 9.87. The summed E-state index contributed by atoms with van der Waals surface area (Å²) >= 11 is 0. The number of amides is 3. The Morgan fingerprint density at radius 3 is 2.29 bits per heavy atom. The quantitative estimate of drug-likeness (QED) is 0.544. The molecule has 2 aliphatic rings. The first kappa shape index (κ1) is 23.6. The van der Waals surface area contributed by atoms with Crippen molar-refractivity contribution in [2.45, 2.75) is 44.8 Å². The third-order valence-corrected chi connectivity index (χ3v) is 6.55. The monoisotopic (exact) mass is 465 g/mol. The summed E-state index contributed by atoms with van der Waals surface area (Å²) in [6.07, 6.45) is 3.55. The fourth-order valence-electron chi connectivity index (χ4n) is 4.53. The Morgan fingerprint density at radius 2 is 1.59 bits per heavy atom. The van der Waals surface area contributed by atoms with E-state index >= 15 is 0 Å². The first-order valence-corrected chi connectivity index (χ1v) is 11.9. The number of carboxylic acids is 1. The molecule has 1 saturated carbocycles. The zero-order valence-corrected chi connectivity index (χ0v) is 19.2. The highest BCUT2D eigenvalue weighted by atomic mass is 16.5. The molecular formula is C26H31N3O5. The number of fused-ring (bicyclic) bond motifs is 1. The number of rotatable bonds is 7. The molecule has 0 unspecified atom stereocenters. The van der Waals surface area contributed by atoms with E-state index < -0.39 is 5.97 Å². The maximum atomic E-state index is 12.4. The van der Waals surface area contributed by atoms with Crippen LogP contribution in [0.15, 0.2) is 48.5 Å². The molecule has 0 spiro atoms. The number of hydrogen-bond donors (Lipinski definition) is 3. The highest BCUT2D eigenvalue weighted by Crippen LogP contribution is 2.28. The molecule has 180 valence electrons. The van der Waals surface area contributed by atoms with Crippen LogP contribution in [0.4, 0.5) is 4.79 Å². The summed E-state index contributed by atoms with van der Waals surface area (Å²) in [5.74, 6) is -0.543. The molecule has 1 heterocycles. The highest BCUT2D eigenvalue weighted by Gasteiger charge is 2.27. The number of ether oxygens (including phenoxy) is 1. The molecule has 1 aliphatic carbocycles. The van der Waals surface area contributed by atoms with Gasteiger partial charge in [-0.05, 0) is 67.5 Å². The van der Waals surface area contributed by atoms with E-state index in [0.29, 0.717) is 50.3 Å². The molecule has 8 heteroatoms. The smallest absolute Gasteiger partial charge is 0.317 e. The Labute approximate surface area is 199 Å². The Morgan fingerprint density at radius 1 is 0.912 bits per heavy atom. The van der Waals surface area contributed by atoms with Gasteiger partial charge < -0.3 is 25.4 Å². The molecule has 0 bridgehead atoms. The Hall–Kier alpha value is -3.55. The van der Waals surface area contributed by atoms with Crippen LogP contribution in [0, 0.1) is 5.92 Å². The van der Waals surface area contributed by atoms with Crippen LogP contribution in [-0.4, -0.2) is 53.7 Å². The van der Waals surface area contributed by atoms with Crippen LogP contribution >= 0.6 is 0 Å². The molecule has 34 heavy (non-hydrogen) atoms. The molecule has 2 aromatic rings. The molecule has 0 aromatic heterocycles. The topological polar surface area (TPSA) is 108 Å². The first-order chi connectivity index (χ1) is 16.5. The third kappa shape index (κ3) is 6.07. The van der Waals surface area contributed by atoms with Crippen LogP contribution in [0.5, 0.6) is 5.75 Å². The fourth-order valence-corrected chi connectivity index (χ4v) is 4.53. The summed E-state index contributed by atoms with van der Waals surface area (Å²) in [4.78, 5) is 37.7. The Balaban J connectivity index is 1.15. The number of carbonyl (C=O) groups is 3. The largest absolute Gasteiger partial charge is 0.490 e. The van der Waals surface area contributed by atoms with E-state index in [4.69, 9.17) is 9.84 Å². The third-order valence-electron chi connectivity index (χ3n) is 6.55. The van der Waals surface area contributed by atoms with E-state index in [1.165, 1.54) is 11.1 Å². The number of nitrogens with one attached hydrogen (secondary N) is 2. The molecular weight excluding hydrogens is 434 g/mol. The molecule has 0 atom stereocenters. The second-order valence-electron chi connectivity index (χ2n) is 8.88. The summed E-state index contributed by atoms with van der Waals surface area (Å²) in [5.41, 5.74) is 2.99. The number of hydrogen-bond acceptors (Lipinski definition) is 4. The van der Waals surface area contributed by atoms with Crippen molar-refractivity contribution >= 4 is 17.9 Å². The van der Waals surface area contributed by atoms with Gasteiger partial charge in [0.25, 0.3) is 5.91 Å². The van der Waals surface area contributed by atoms with Gasteiger partial charge in [0, 0.05) is 31.7 Å². The van der Waals surface area contributed by atoms with Crippen molar-refractivity contribution in [3.05, 3.63) is 65.2 Å². The maximum absolute atomic E-state index is 12.4. The Kier molecular flexibility index (Phi) is 7.67. The molecule has 4 rings (SSSR count). The van der Waals surface area contributed by atoms with E-state index in [1.807, 2.05) is 12.1 Å². The van der Waals surface area contributed by atoms with Crippen LogP contribution in [0.25, 0.3) is 0 Å². The van der Waals surface area contributed by atoms with Gasteiger partial charge in [0.1, 0.15) is 5.75 Å². The zero-order chi connectivity index (χ0) is 23.9. The normalized spacial score (nSPS) is 19.6. The van der Waals surface area contributed by atoms with Gasteiger partial charge in [0.05, 0.1) is 12.0 Å². The number of benzene rings is 2. The summed E-state index contributed by atoms with van der Waals surface area (Å²) in [6.45, 7) is 1.97. The highest BCUT2D eigenvalue weighted by molar-refractivity contribution is 5.94. The second kappa shape index (κ2) is 11.0. The van der Waals surface area contributed by atoms with Crippen LogP contribution in [0.3, 0.4) is 0 Å². The van der Waals surface area contributed by atoms with Crippen molar-refractivity contribution in [1.82, 2.24) is 15.5 Å². The van der Waals surface area contributed by atoms with Crippen LogP contribution in [0.1, 0.15) is 47.2 Å². The van der Waals surface area contributed by atoms with Crippen molar-refractivity contribution in [1.29, 1.82) is 0 Å². The van der Waals surface area contributed by atoms with Crippen molar-refractivity contribution in [3.8, 4) is 5.75 Å². The van der Waals surface area contributed by atoms with Gasteiger partial charge in [-0.25, -0.2) is 4.79 Å².